The zero-order valence-corrected chi connectivity index (χ0v) is 11.2. The Hall–Kier alpha value is -0.730. The van der Waals surface area contributed by atoms with E-state index >= 15 is 0 Å². The molecule has 0 saturated carbocycles. The zero-order valence-electron chi connectivity index (χ0n) is 10.4. The SMILES string of the molecule is CC(C)C(Oc1ccc(Cl)cc1)C1CCNC1. The van der Waals surface area contributed by atoms with Crippen molar-refractivity contribution in [2.75, 3.05) is 13.1 Å². The van der Waals surface area contributed by atoms with E-state index in [1.165, 1.54) is 6.42 Å². The topological polar surface area (TPSA) is 21.3 Å². The zero-order chi connectivity index (χ0) is 12.3. The van der Waals surface area contributed by atoms with E-state index < -0.39 is 0 Å². The third kappa shape index (κ3) is 3.36. The van der Waals surface area contributed by atoms with Gasteiger partial charge >= 0.3 is 0 Å². The third-order valence-corrected chi connectivity index (χ3v) is 3.56. The molecule has 2 rings (SSSR count). The molecule has 0 amide bonds. The Morgan fingerprint density at radius 2 is 2.00 bits per heavy atom. The maximum absolute atomic E-state index is 6.12. The molecule has 2 nitrogen and oxygen atoms in total. The van der Waals surface area contributed by atoms with E-state index in [2.05, 4.69) is 19.2 Å². The van der Waals surface area contributed by atoms with Gasteiger partial charge in [0.25, 0.3) is 0 Å². The number of benzene rings is 1. The predicted octanol–water partition coefficient (Wildman–Crippen LogP) is 3.35. The summed E-state index contributed by atoms with van der Waals surface area (Å²) in [5.41, 5.74) is 0. The molecule has 0 radical (unpaired) electrons. The molecule has 1 aromatic carbocycles. The van der Waals surface area contributed by atoms with Crippen LogP contribution < -0.4 is 10.1 Å². The highest BCUT2D eigenvalue weighted by Crippen LogP contribution is 2.25. The van der Waals surface area contributed by atoms with Crippen LogP contribution in [0.5, 0.6) is 5.75 Å². The van der Waals surface area contributed by atoms with Gasteiger partial charge in [0.1, 0.15) is 11.9 Å². The first-order chi connectivity index (χ1) is 8.16. The third-order valence-electron chi connectivity index (χ3n) is 3.31. The van der Waals surface area contributed by atoms with E-state index in [4.69, 9.17) is 16.3 Å². The van der Waals surface area contributed by atoms with Crippen molar-refractivity contribution in [2.45, 2.75) is 26.4 Å². The van der Waals surface area contributed by atoms with Crippen molar-refractivity contribution >= 4 is 11.6 Å². The molecule has 1 aliphatic rings. The summed E-state index contributed by atoms with van der Waals surface area (Å²) >= 11 is 5.87. The summed E-state index contributed by atoms with van der Waals surface area (Å²) in [5.74, 6) is 2.06. The Bertz CT molecular complexity index is 344. The van der Waals surface area contributed by atoms with Crippen LogP contribution in [0, 0.1) is 11.8 Å². The van der Waals surface area contributed by atoms with Crippen LogP contribution in [0.3, 0.4) is 0 Å². The van der Waals surface area contributed by atoms with Gasteiger partial charge in [-0.3, -0.25) is 0 Å². The number of nitrogens with one attached hydrogen (secondary N) is 1. The second-order valence-electron chi connectivity index (χ2n) is 5.03. The lowest BCUT2D eigenvalue weighted by Gasteiger charge is -2.27. The molecule has 0 aromatic heterocycles. The quantitative estimate of drug-likeness (QED) is 0.889. The molecule has 1 fully saturated rings. The average Bonchev–Trinajstić information content (AvgIpc) is 2.81. The van der Waals surface area contributed by atoms with Gasteiger partial charge in [-0.25, -0.2) is 0 Å². The minimum Gasteiger partial charge on any atom is -0.490 e. The first-order valence-electron chi connectivity index (χ1n) is 6.30. The Morgan fingerprint density at radius 1 is 1.29 bits per heavy atom. The van der Waals surface area contributed by atoms with Crippen molar-refractivity contribution in [1.29, 1.82) is 0 Å². The first kappa shape index (κ1) is 12.7. The molecule has 0 bridgehead atoms. The molecule has 1 aromatic rings. The maximum atomic E-state index is 6.12. The van der Waals surface area contributed by atoms with Gasteiger partial charge < -0.3 is 10.1 Å². The van der Waals surface area contributed by atoms with Crippen LogP contribution in [-0.4, -0.2) is 19.2 Å². The first-order valence-corrected chi connectivity index (χ1v) is 6.67. The fraction of sp³-hybridized carbons (Fsp3) is 0.571. The van der Waals surface area contributed by atoms with E-state index in [0.29, 0.717) is 11.8 Å². The van der Waals surface area contributed by atoms with E-state index in [-0.39, 0.29) is 6.10 Å². The van der Waals surface area contributed by atoms with Crippen molar-refractivity contribution in [3.05, 3.63) is 29.3 Å². The van der Waals surface area contributed by atoms with E-state index in [1.807, 2.05) is 24.3 Å². The van der Waals surface area contributed by atoms with E-state index in [9.17, 15) is 0 Å². The molecule has 0 spiro atoms. The molecule has 94 valence electrons. The van der Waals surface area contributed by atoms with Crippen LogP contribution in [0.15, 0.2) is 24.3 Å². The van der Waals surface area contributed by atoms with Crippen molar-refractivity contribution < 1.29 is 4.74 Å². The van der Waals surface area contributed by atoms with Crippen molar-refractivity contribution in [3.8, 4) is 5.75 Å². The van der Waals surface area contributed by atoms with Gasteiger partial charge in [-0.2, -0.15) is 0 Å². The molecule has 2 atom stereocenters. The highest BCUT2D eigenvalue weighted by molar-refractivity contribution is 6.30. The Balaban J connectivity index is 2.04. The molecule has 1 heterocycles. The van der Waals surface area contributed by atoms with Gasteiger partial charge in [0.2, 0.25) is 0 Å². The van der Waals surface area contributed by atoms with Crippen LogP contribution in [0.2, 0.25) is 5.02 Å². The Morgan fingerprint density at radius 3 is 2.53 bits per heavy atom. The number of halogens is 1. The lowest BCUT2D eigenvalue weighted by Crippen LogP contribution is -2.33. The minimum absolute atomic E-state index is 0.283. The Kier molecular flexibility index (Phi) is 4.30. The van der Waals surface area contributed by atoms with Gasteiger partial charge in [0, 0.05) is 17.5 Å². The number of ether oxygens (including phenoxy) is 1. The molecule has 1 aliphatic heterocycles. The molecule has 1 N–H and O–H groups in total. The highest BCUT2D eigenvalue weighted by atomic mass is 35.5. The molecule has 2 unspecified atom stereocenters. The van der Waals surface area contributed by atoms with Crippen LogP contribution in [0.1, 0.15) is 20.3 Å². The van der Waals surface area contributed by atoms with Crippen molar-refractivity contribution in [3.63, 3.8) is 0 Å². The van der Waals surface area contributed by atoms with E-state index in [1.54, 1.807) is 0 Å². The summed E-state index contributed by atoms with van der Waals surface area (Å²) in [4.78, 5) is 0. The van der Waals surface area contributed by atoms with Crippen LogP contribution >= 0.6 is 11.6 Å². The lowest BCUT2D eigenvalue weighted by molar-refractivity contribution is 0.0973. The second kappa shape index (κ2) is 5.74. The molecule has 1 saturated heterocycles. The maximum Gasteiger partial charge on any atom is 0.119 e. The Labute approximate surface area is 108 Å². The van der Waals surface area contributed by atoms with Crippen LogP contribution in [-0.2, 0) is 0 Å². The largest absolute Gasteiger partial charge is 0.490 e. The van der Waals surface area contributed by atoms with Gasteiger partial charge in [-0.1, -0.05) is 25.4 Å². The second-order valence-corrected chi connectivity index (χ2v) is 5.47. The summed E-state index contributed by atoms with van der Waals surface area (Å²) in [5, 5.41) is 4.15. The molecule has 3 heteroatoms. The molecular weight excluding hydrogens is 234 g/mol. The smallest absolute Gasteiger partial charge is 0.119 e. The molecular formula is C14H20ClNO. The summed E-state index contributed by atoms with van der Waals surface area (Å²) in [6.45, 7) is 6.62. The summed E-state index contributed by atoms with van der Waals surface area (Å²) in [7, 11) is 0. The van der Waals surface area contributed by atoms with Crippen LogP contribution in [0.4, 0.5) is 0 Å². The van der Waals surface area contributed by atoms with Gasteiger partial charge in [0.15, 0.2) is 0 Å². The number of rotatable bonds is 4. The fourth-order valence-electron chi connectivity index (χ4n) is 2.40. The fourth-order valence-corrected chi connectivity index (χ4v) is 2.53. The average molecular weight is 254 g/mol. The highest BCUT2D eigenvalue weighted by Gasteiger charge is 2.28. The lowest BCUT2D eigenvalue weighted by atomic mass is 9.92. The monoisotopic (exact) mass is 253 g/mol. The summed E-state index contributed by atoms with van der Waals surface area (Å²) in [6.07, 6.45) is 1.49. The van der Waals surface area contributed by atoms with Gasteiger partial charge in [-0.15, -0.1) is 0 Å². The standard InChI is InChI=1S/C14H20ClNO/c1-10(2)14(11-7-8-16-9-11)17-13-5-3-12(15)4-6-13/h3-6,10-11,14,16H,7-9H2,1-2H3. The summed E-state index contributed by atoms with van der Waals surface area (Å²) in [6, 6.07) is 7.64. The molecule has 0 aliphatic carbocycles. The number of hydrogen-bond acceptors (Lipinski definition) is 2. The normalized spacial score (nSPS) is 21.8. The van der Waals surface area contributed by atoms with Gasteiger partial charge in [-0.05, 0) is 43.1 Å². The van der Waals surface area contributed by atoms with Crippen molar-refractivity contribution in [1.82, 2.24) is 5.32 Å². The van der Waals surface area contributed by atoms with Crippen LogP contribution in [0.25, 0.3) is 0 Å². The number of hydrogen-bond donors (Lipinski definition) is 1. The van der Waals surface area contributed by atoms with E-state index in [0.717, 1.165) is 23.9 Å². The van der Waals surface area contributed by atoms with Gasteiger partial charge in [0.05, 0.1) is 0 Å². The van der Waals surface area contributed by atoms with Crippen molar-refractivity contribution in [2.24, 2.45) is 11.8 Å². The predicted molar refractivity (Wildman–Crippen MR) is 71.7 cm³/mol. The summed E-state index contributed by atoms with van der Waals surface area (Å²) < 4.78 is 6.12. The minimum atomic E-state index is 0.283. The molecule has 17 heavy (non-hydrogen) atoms.